The molecule has 1 saturated carbocycles. The molecule has 1 aliphatic carbocycles. The first-order chi connectivity index (χ1) is 9.20. The van der Waals surface area contributed by atoms with Crippen LogP contribution in [-0.2, 0) is 9.53 Å². The molecule has 1 amide bonds. The van der Waals surface area contributed by atoms with E-state index in [0.29, 0.717) is 12.3 Å². The molecule has 2 aliphatic rings. The van der Waals surface area contributed by atoms with Gasteiger partial charge in [0.1, 0.15) is 0 Å². The lowest BCUT2D eigenvalue weighted by atomic mass is 10.0. The number of oxime groups is 1. The molecule has 2 fully saturated rings. The number of nitrogens with one attached hydrogen (secondary N) is 1. The van der Waals surface area contributed by atoms with Crippen LogP contribution in [0.25, 0.3) is 0 Å². The predicted molar refractivity (Wildman–Crippen MR) is 70.9 cm³/mol. The number of hydrogen-bond acceptors (Lipinski definition) is 4. The van der Waals surface area contributed by atoms with Crippen molar-refractivity contribution >= 4 is 11.7 Å². The molecule has 6 nitrogen and oxygen atoms in total. The Hall–Kier alpha value is -1.30. The van der Waals surface area contributed by atoms with E-state index in [-0.39, 0.29) is 23.9 Å². The number of carbonyl (C=O) groups excluding carboxylic acids is 1. The van der Waals surface area contributed by atoms with Crippen LogP contribution in [0.2, 0.25) is 0 Å². The molecule has 2 unspecified atom stereocenters. The van der Waals surface area contributed by atoms with Crippen molar-refractivity contribution in [3.8, 4) is 0 Å². The minimum absolute atomic E-state index is 0.0438. The van der Waals surface area contributed by atoms with Gasteiger partial charge in [-0.3, -0.25) is 4.79 Å². The normalized spacial score (nSPS) is 25.9. The van der Waals surface area contributed by atoms with Crippen molar-refractivity contribution in [3.05, 3.63) is 0 Å². The highest BCUT2D eigenvalue weighted by molar-refractivity contribution is 5.90. The summed E-state index contributed by atoms with van der Waals surface area (Å²) in [7, 11) is 0. The largest absolute Gasteiger partial charge is 0.409 e. The zero-order valence-corrected chi connectivity index (χ0v) is 11.2. The second-order valence-corrected chi connectivity index (χ2v) is 5.43. The van der Waals surface area contributed by atoms with Gasteiger partial charge in [0.05, 0.1) is 12.1 Å². The van der Waals surface area contributed by atoms with Crippen molar-refractivity contribution < 1.29 is 14.7 Å². The van der Waals surface area contributed by atoms with Gasteiger partial charge in [-0.25, -0.2) is 0 Å². The third kappa shape index (κ3) is 4.38. The number of hydrogen-bond donors (Lipinski definition) is 3. The molecule has 6 heteroatoms. The first-order valence-electron chi connectivity index (χ1n) is 7.09. The second-order valence-electron chi connectivity index (χ2n) is 5.43. The predicted octanol–water partition coefficient (Wildman–Crippen LogP) is 0.977. The standard InChI is InChI=1S/C13H23N3O3/c14-13(16-18)12(9-4-5-9)15-11(17)7-6-10-3-1-2-8-19-10/h9-10,12,18H,1-8H2,(H2,14,16)(H,15,17). The van der Waals surface area contributed by atoms with Gasteiger partial charge in [0.25, 0.3) is 0 Å². The van der Waals surface area contributed by atoms with Crippen LogP contribution in [0.1, 0.15) is 44.9 Å². The van der Waals surface area contributed by atoms with Crippen LogP contribution in [0.5, 0.6) is 0 Å². The van der Waals surface area contributed by atoms with Crippen LogP contribution < -0.4 is 11.1 Å². The van der Waals surface area contributed by atoms with E-state index in [1.54, 1.807) is 0 Å². The summed E-state index contributed by atoms with van der Waals surface area (Å²) in [6.07, 6.45) is 6.78. The molecule has 1 saturated heterocycles. The van der Waals surface area contributed by atoms with E-state index in [4.69, 9.17) is 15.7 Å². The summed E-state index contributed by atoms with van der Waals surface area (Å²) < 4.78 is 5.59. The quantitative estimate of drug-likeness (QED) is 0.290. The molecule has 1 aliphatic heterocycles. The molecule has 0 aromatic rings. The first-order valence-corrected chi connectivity index (χ1v) is 7.09. The lowest BCUT2D eigenvalue weighted by molar-refractivity contribution is -0.122. The van der Waals surface area contributed by atoms with Crippen molar-refractivity contribution in [3.63, 3.8) is 0 Å². The lowest BCUT2D eigenvalue weighted by Gasteiger charge is -2.23. The molecule has 2 atom stereocenters. The number of amidine groups is 1. The molecule has 0 aromatic heterocycles. The molecule has 108 valence electrons. The summed E-state index contributed by atoms with van der Waals surface area (Å²) in [4.78, 5) is 11.9. The van der Waals surface area contributed by atoms with Gasteiger partial charge in [0, 0.05) is 13.0 Å². The van der Waals surface area contributed by atoms with E-state index in [1.165, 1.54) is 6.42 Å². The van der Waals surface area contributed by atoms with Crippen LogP contribution in [0, 0.1) is 5.92 Å². The van der Waals surface area contributed by atoms with Crippen molar-refractivity contribution in [2.75, 3.05) is 6.61 Å². The minimum atomic E-state index is -0.315. The molecule has 0 aromatic carbocycles. The molecule has 19 heavy (non-hydrogen) atoms. The Labute approximate surface area is 113 Å². The molecular formula is C13H23N3O3. The van der Waals surface area contributed by atoms with Gasteiger partial charge in [-0.05, 0) is 44.4 Å². The average Bonchev–Trinajstić information content (AvgIpc) is 3.27. The van der Waals surface area contributed by atoms with Crippen LogP contribution in [0.15, 0.2) is 5.16 Å². The van der Waals surface area contributed by atoms with Crippen molar-refractivity contribution in [2.24, 2.45) is 16.8 Å². The summed E-state index contributed by atoms with van der Waals surface area (Å²) >= 11 is 0. The monoisotopic (exact) mass is 269 g/mol. The molecule has 2 rings (SSSR count). The van der Waals surface area contributed by atoms with Crippen LogP contribution in [0.3, 0.4) is 0 Å². The highest BCUT2D eigenvalue weighted by Gasteiger charge is 2.35. The summed E-state index contributed by atoms with van der Waals surface area (Å²) in [6.45, 7) is 0.807. The summed E-state index contributed by atoms with van der Waals surface area (Å²) in [5, 5.41) is 14.6. The zero-order chi connectivity index (χ0) is 13.7. The molecule has 4 N–H and O–H groups in total. The Kier molecular flexibility index (Phi) is 5.01. The summed E-state index contributed by atoms with van der Waals surface area (Å²) in [5.74, 6) is 0.383. The Morgan fingerprint density at radius 3 is 2.79 bits per heavy atom. The van der Waals surface area contributed by atoms with E-state index in [2.05, 4.69) is 10.5 Å². The Morgan fingerprint density at radius 1 is 1.42 bits per heavy atom. The maximum atomic E-state index is 11.9. The number of ether oxygens (including phenoxy) is 1. The van der Waals surface area contributed by atoms with Gasteiger partial charge < -0.3 is 21.0 Å². The molecule has 1 heterocycles. The SMILES string of the molecule is NC(=NO)C(NC(=O)CCC1CCCCO1)C1CC1. The van der Waals surface area contributed by atoms with Gasteiger partial charge in [0.2, 0.25) is 5.91 Å². The van der Waals surface area contributed by atoms with Gasteiger partial charge in [-0.1, -0.05) is 5.16 Å². The first kappa shape index (κ1) is 14.1. The van der Waals surface area contributed by atoms with Gasteiger partial charge in [-0.15, -0.1) is 0 Å². The third-order valence-electron chi connectivity index (χ3n) is 3.81. The van der Waals surface area contributed by atoms with Crippen molar-refractivity contribution in [2.45, 2.75) is 57.1 Å². The maximum Gasteiger partial charge on any atom is 0.220 e. The Morgan fingerprint density at radius 2 is 2.21 bits per heavy atom. The number of carbonyl (C=O) groups is 1. The molecular weight excluding hydrogens is 246 g/mol. The highest BCUT2D eigenvalue weighted by Crippen LogP contribution is 2.32. The number of nitrogens with two attached hydrogens (primary N) is 1. The molecule has 0 bridgehead atoms. The van der Waals surface area contributed by atoms with E-state index in [1.807, 2.05) is 0 Å². The fourth-order valence-electron chi connectivity index (χ4n) is 2.50. The number of rotatable bonds is 6. The van der Waals surface area contributed by atoms with Crippen LogP contribution in [0.4, 0.5) is 0 Å². The summed E-state index contributed by atoms with van der Waals surface area (Å²) in [5.41, 5.74) is 5.61. The Bertz CT molecular complexity index is 336. The van der Waals surface area contributed by atoms with Crippen LogP contribution in [-0.4, -0.2) is 35.7 Å². The van der Waals surface area contributed by atoms with E-state index in [9.17, 15) is 4.79 Å². The van der Waals surface area contributed by atoms with Gasteiger partial charge in [0.15, 0.2) is 5.84 Å². The zero-order valence-electron chi connectivity index (χ0n) is 11.2. The second kappa shape index (κ2) is 6.75. The molecule has 0 radical (unpaired) electrons. The lowest BCUT2D eigenvalue weighted by Crippen LogP contribution is -2.46. The van der Waals surface area contributed by atoms with Gasteiger partial charge in [-0.2, -0.15) is 0 Å². The van der Waals surface area contributed by atoms with Gasteiger partial charge >= 0.3 is 0 Å². The summed E-state index contributed by atoms with van der Waals surface area (Å²) in [6, 6.07) is -0.315. The Balaban J connectivity index is 1.72. The average molecular weight is 269 g/mol. The van der Waals surface area contributed by atoms with E-state index >= 15 is 0 Å². The third-order valence-corrected chi connectivity index (χ3v) is 3.81. The molecule has 0 spiro atoms. The topological polar surface area (TPSA) is 96.9 Å². The van der Waals surface area contributed by atoms with E-state index in [0.717, 1.165) is 38.7 Å². The highest BCUT2D eigenvalue weighted by atomic mass is 16.5. The fourth-order valence-corrected chi connectivity index (χ4v) is 2.50. The number of nitrogens with zero attached hydrogens (tertiary/aromatic N) is 1. The number of amides is 1. The van der Waals surface area contributed by atoms with Crippen LogP contribution >= 0.6 is 0 Å². The smallest absolute Gasteiger partial charge is 0.220 e. The van der Waals surface area contributed by atoms with Crippen molar-refractivity contribution in [1.29, 1.82) is 0 Å². The maximum absolute atomic E-state index is 11.9. The minimum Gasteiger partial charge on any atom is -0.409 e. The fraction of sp³-hybridized carbons (Fsp3) is 0.846. The van der Waals surface area contributed by atoms with Crippen molar-refractivity contribution in [1.82, 2.24) is 5.32 Å². The van der Waals surface area contributed by atoms with E-state index < -0.39 is 0 Å².